The lowest BCUT2D eigenvalue weighted by Crippen LogP contribution is -2.51. The quantitative estimate of drug-likeness (QED) is 0.860. The van der Waals surface area contributed by atoms with E-state index in [0.29, 0.717) is 31.6 Å². The standard InChI is InChI=1S/C15H28N2O3S/c18-13-14-4-3-9-17(12-14)21(19,20)16-10-7-15(8-11-16)5-1-2-6-15/h14,18H,1-13H2. The van der Waals surface area contributed by atoms with Crippen LogP contribution in [0.1, 0.15) is 51.4 Å². The molecule has 122 valence electrons. The highest BCUT2D eigenvalue weighted by Gasteiger charge is 2.41. The molecule has 3 fully saturated rings. The summed E-state index contributed by atoms with van der Waals surface area (Å²) in [4.78, 5) is 0. The molecule has 1 spiro atoms. The van der Waals surface area contributed by atoms with Gasteiger partial charge in [-0.2, -0.15) is 17.0 Å². The summed E-state index contributed by atoms with van der Waals surface area (Å²) >= 11 is 0. The Bertz CT molecular complexity index is 450. The summed E-state index contributed by atoms with van der Waals surface area (Å²) in [6.45, 7) is 2.56. The lowest BCUT2D eigenvalue weighted by atomic mass is 9.78. The van der Waals surface area contributed by atoms with E-state index in [0.717, 1.165) is 25.7 Å². The van der Waals surface area contributed by atoms with Crippen LogP contribution in [0.15, 0.2) is 0 Å². The molecule has 6 heteroatoms. The number of aliphatic hydroxyl groups is 1. The Morgan fingerprint density at radius 1 is 0.952 bits per heavy atom. The highest BCUT2D eigenvalue weighted by atomic mass is 32.2. The van der Waals surface area contributed by atoms with Crippen molar-refractivity contribution in [1.29, 1.82) is 0 Å². The number of hydrogen-bond donors (Lipinski definition) is 1. The molecule has 0 aromatic carbocycles. The second-order valence-corrected chi connectivity index (χ2v) is 9.09. The fraction of sp³-hybridized carbons (Fsp3) is 1.00. The van der Waals surface area contributed by atoms with E-state index in [-0.39, 0.29) is 12.5 Å². The van der Waals surface area contributed by atoms with E-state index >= 15 is 0 Å². The van der Waals surface area contributed by atoms with E-state index < -0.39 is 10.2 Å². The molecule has 1 N–H and O–H groups in total. The van der Waals surface area contributed by atoms with Gasteiger partial charge in [-0.25, -0.2) is 0 Å². The third kappa shape index (κ3) is 3.14. The van der Waals surface area contributed by atoms with Gasteiger partial charge < -0.3 is 5.11 Å². The van der Waals surface area contributed by atoms with Crippen LogP contribution in [0.25, 0.3) is 0 Å². The van der Waals surface area contributed by atoms with Crippen LogP contribution in [0.2, 0.25) is 0 Å². The molecule has 2 aliphatic heterocycles. The van der Waals surface area contributed by atoms with Crippen LogP contribution in [0.4, 0.5) is 0 Å². The molecule has 1 saturated carbocycles. The fourth-order valence-electron chi connectivity index (χ4n) is 4.37. The molecule has 2 saturated heterocycles. The Balaban J connectivity index is 1.63. The number of hydrogen-bond acceptors (Lipinski definition) is 3. The average Bonchev–Trinajstić information content (AvgIpc) is 2.96. The summed E-state index contributed by atoms with van der Waals surface area (Å²) in [5.41, 5.74) is 0.446. The first kappa shape index (κ1) is 15.7. The summed E-state index contributed by atoms with van der Waals surface area (Å²) in [6, 6.07) is 0. The van der Waals surface area contributed by atoms with E-state index in [1.54, 1.807) is 8.61 Å². The van der Waals surface area contributed by atoms with Gasteiger partial charge in [-0.1, -0.05) is 12.8 Å². The van der Waals surface area contributed by atoms with Gasteiger partial charge in [0.05, 0.1) is 0 Å². The van der Waals surface area contributed by atoms with Crippen molar-refractivity contribution in [2.45, 2.75) is 51.4 Å². The maximum absolute atomic E-state index is 12.8. The second-order valence-electron chi connectivity index (χ2n) is 7.16. The maximum Gasteiger partial charge on any atom is 0.281 e. The lowest BCUT2D eigenvalue weighted by Gasteiger charge is -2.41. The molecule has 0 amide bonds. The lowest BCUT2D eigenvalue weighted by molar-refractivity contribution is 0.139. The van der Waals surface area contributed by atoms with E-state index in [1.807, 2.05) is 0 Å². The average molecular weight is 316 g/mol. The highest BCUT2D eigenvalue weighted by Crippen LogP contribution is 2.46. The molecule has 5 nitrogen and oxygen atoms in total. The number of nitrogens with zero attached hydrogens (tertiary/aromatic N) is 2. The van der Waals surface area contributed by atoms with Gasteiger partial charge in [0.2, 0.25) is 0 Å². The molecule has 0 radical (unpaired) electrons. The monoisotopic (exact) mass is 316 g/mol. The Labute approximate surface area is 128 Å². The van der Waals surface area contributed by atoms with Gasteiger partial charge in [-0.3, -0.25) is 0 Å². The predicted molar refractivity (Wildman–Crippen MR) is 82.0 cm³/mol. The molecule has 0 bridgehead atoms. The summed E-state index contributed by atoms with van der Waals surface area (Å²) in [5.74, 6) is 0.111. The van der Waals surface area contributed by atoms with Crippen molar-refractivity contribution in [2.75, 3.05) is 32.8 Å². The van der Waals surface area contributed by atoms with Crippen molar-refractivity contribution in [3.05, 3.63) is 0 Å². The molecule has 3 aliphatic rings. The van der Waals surface area contributed by atoms with Crippen molar-refractivity contribution in [1.82, 2.24) is 8.61 Å². The summed E-state index contributed by atoms with van der Waals surface area (Å²) in [6.07, 6.45) is 9.07. The minimum absolute atomic E-state index is 0.0924. The van der Waals surface area contributed by atoms with E-state index in [1.165, 1.54) is 25.7 Å². The Morgan fingerprint density at radius 2 is 1.62 bits per heavy atom. The van der Waals surface area contributed by atoms with Crippen molar-refractivity contribution in [3.63, 3.8) is 0 Å². The maximum atomic E-state index is 12.8. The van der Waals surface area contributed by atoms with Gasteiger partial charge in [-0.15, -0.1) is 0 Å². The molecule has 1 atom stereocenters. The van der Waals surface area contributed by atoms with Crippen LogP contribution in [-0.2, 0) is 10.2 Å². The van der Waals surface area contributed by atoms with Crippen LogP contribution < -0.4 is 0 Å². The molecular weight excluding hydrogens is 288 g/mol. The van der Waals surface area contributed by atoms with Gasteiger partial charge in [0.15, 0.2) is 0 Å². The van der Waals surface area contributed by atoms with Gasteiger partial charge in [-0.05, 0) is 49.9 Å². The summed E-state index contributed by atoms with van der Waals surface area (Å²) in [5, 5.41) is 9.29. The first-order valence-electron chi connectivity index (χ1n) is 8.42. The Kier molecular flexibility index (Phi) is 4.60. The molecule has 21 heavy (non-hydrogen) atoms. The predicted octanol–water partition coefficient (Wildman–Crippen LogP) is 1.59. The SMILES string of the molecule is O=S(=O)(N1CCC2(CCCC2)CC1)N1CCCC(CO)C1. The minimum Gasteiger partial charge on any atom is -0.396 e. The number of rotatable bonds is 3. The first-order valence-corrected chi connectivity index (χ1v) is 9.82. The minimum atomic E-state index is -3.32. The van der Waals surface area contributed by atoms with Crippen LogP contribution in [0, 0.1) is 11.3 Å². The van der Waals surface area contributed by atoms with Gasteiger partial charge in [0.25, 0.3) is 10.2 Å². The van der Waals surface area contributed by atoms with Gasteiger partial charge >= 0.3 is 0 Å². The Morgan fingerprint density at radius 3 is 2.24 bits per heavy atom. The molecule has 1 aliphatic carbocycles. The van der Waals surface area contributed by atoms with Crippen molar-refractivity contribution >= 4 is 10.2 Å². The number of piperidine rings is 2. The van der Waals surface area contributed by atoms with E-state index in [2.05, 4.69) is 0 Å². The number of aliphatic hydroxyl groups excluding tert-OH is 1. The molecule has 1 unspecified atom stereocenters. The van der Waals surface area contributed by atoms with E-state index in [9.17, 15) is 13.5 Å². The Hall–Kier alpha value is -0.170. The third-order valence-corrected chi connectivity index (χ3v) is 7.84. The zero-order valence-electron chi connectivity index (χ0n) is 12.8. The summed E-state index contributed by atoms with van der Waals surface area (Å²) < 4.78 is 28.8. The van der Waals surface area contributed by atoms with Crippen LogP contribution in [0.3, 0.4) is 0 Å². The molecule has 0 aromatic rings. The third-order valence-electron chi connectivity index (χ3n) is 5.84. The zero-order chi connectivity index (χ0) is 14.9. The zero-order valence-corrected chi connectivity index (χ0v) is 13.7. The molecule has 3 rings (SSSR count). The molecular formula is C15H28N2O3S. The molecule has 0 aromatic heterocycles. The normalized spacial score (nSPS) is 31.8. The topological polar surface area (TPSA) is 60.9 Å². The summed E-state index contributed by atoms with van der Waals surface area (Å²) in [7, 11) is -3.32. The molecule has 2 heterocycles. The highest BCUT2D eigenvalue weighted by molar-refractivity contribution is 7.86. The van der Waals surface area contributed by atoms with Crippen molar-refractivity contribution in [3.8, 4) is 0 Å². The van der Waals surface area contributed by atoms with Crippen molar-refractivity contribution < 1.29 is 13.5 Å². The second kappa shape index (κ2) is 6.14. The van der Waals surface area contributed by atoms with Crippen LogP contribution in [0.5, 0.6) is 0 Å². The van der Waals surface area contributed by atoms with Gasteiger partial charge in [0.1, 0.15) is 0 Å². The van der Waals surface area contributed by atoms with Crippen LogP contribution >= 0.6 is 0 Å². The smallest absolute Gasteiger partial charge is 0.281 e. The van der Waals surface area contributed by atoms with Gasteiger partial charge in [0, 0.05) is 32.8 Å². The fourth-order valence-corrected chi connectivity index (χ4v) is 6.09. The van der Waals surface area contributed by atoms with E-state index in [4.69, 9.17) is 0 Å². The van der Waals surface area contributed by atoms with Crippen molar-refractivity contribution in [2.24, 2.45) is 11.3 Å². The van der Waals surface area contributed by atoms with Crippen LogP contribution in [-0.4, -0.2) is 54.9 Å². The largest absolute Gasteiger partial charge is 0.396 e. The first-order chi connectivity index (χ1) is 10.1.